The Labute approximate surface area is 133 Å². The molecule has 0 aliphatic carbocycles. The Balaban J connectivity index is 2.20. The van der Waals surface area contributed by atoms with Crippen LogP contribution in [-0.2, 0) is 13.6 Å². The van der Waals surface area contributed by atoms with Crippen molar-refractivity contribution in [3.63, 3.8) is 0 Å². The summed E-state index contributed by atoms with van der Waals surface area (Å²) >= 11 is 5.28. The highest BCUT2D eigenvalue weighted by Crippen LogP contribution is 2.31. The van der Waals surface area contributed by atoms with Crippen molar-refractivity contribution in [2.75, 3.05) is 7.11 Å². The lowest BCUT2D eigenvalue weighted by molar-refractivity contribution is 0.415. The van der Waals surface area contributed by atoms with Crippen molar-refractivity contribution < 1.29 is 4.74 Å². The Kier molecular flexibility index (Phi) is 3.81. The monoisotopic (exact) mass is 315 g/mol. The fraction of sp³-hybridized carbons (Fsp3) is 0.267. The highest BCUT2D eigenvalue weighted by atomic mass is 32.1. The first kappa shape index (κ1) is 14.5. The molecule has 0 bridgehead atoms. The van der Waals surface area contributed by atoms with E-state index in [4.69, 9.17) is 17.0 Å². The Hall–Kier alpha value is -2.41. The standard InChI is InChI=1S/C15H17N5OS/c1-4-20-14(16-17-15(20)22)12-9-19(2)18-13(12)10-6-5-7-11(8-10)21-3/h5-9H,4H2,1-3H3,(H,17,22). The molecule has 0 saturated heterocycles. The van der Waals surface area contributed by atoms with Gasteiger partial charge in [0.1, 0.15) is 11.4 Å². The topological polar surface area (TPSA) is 60.7 Å². The number of ether oxygens (including phenoxy) is 1. The van der Waals surface area contributed by atoms with Crippen molar-refractivity contribution in [3.8, 4) is 28.4 Å². The average Bonchev–Trinajstić information content (AvgIpc) is 3.09. The molecule has 6 nitrogen and oxygen atoms in total. The maximum atomic E-state index is 5.30. The van der Waals surface area contributed by atoms with Crippen LogP contribution in [0.4, 0.5) is 0 Å². The first-order valence-electron chi connectivity index (χ1n) is 6.97. The van der Waals surface area contributed by atoms with Crippen LogP contribution in [0.25, 0.3) is 22.6 Å². The highest BCUT2D eigenvalue weighted by molar-refractivity contribution is 7.71. The Morgan fingerprint density at radius 3 is 2.91 bits per heavy atom. The van der Waals surface area contributed by atoms with Gasteiger partial charge in [-0.2, -0.15) is 10.2 Å². The molecule has 0 unspecified atom stereocenters. The molecule has 3 aromatic rings. The molecule has 1 N–H and O–H groups in total. The number of nitrogens with zero attached hydrogens (tertiary/aromatic N) is 4. The normalized spacial score (nSPS) is 10.9. The summed E-state index contributed by atoms with van der Waals surface area (Å²) in [5.41, 5.74) is 2.77. The zero-order chi connectivity index (χ0) is 15.7. The zero-order valence-electron chi connectivity index (χ0n) is 12.7. The second-order valence-corrected chi connectivity index (χ2v) is 5.28. The van der Waals surface area contributed by atoms with E-state index < -0.39 is 0 Å². The highest BCUT2D eigenvalue weighted by Gasteiger charge is 2.17. The number of aromatic nitrogens is 5. The summed E-state index contributed by atoms with van der Waals surface area (Å²) < 4.78 is 9.64. The molecule has 0 aliphatic rings. The molecular weight excluding hydrogens is 298 g/mol. The first-order valence-corrected chi connectivity index (χ1v) is 7.38. The van der Waals surface area contributed by atoms with Gasteiger partial charge in [-0.25, -0.2) is 0 Å². The number of rotatable bonds is 4. The minimum absolute atomic E-state index is 0.609. The van der Waals surface area contributed by atoms with Gasteiger partial charge in [0.25, 0.3) is 0 Å². The summed E-state index contributed by atoms with van der Waals surface area (Å²) in [6, 6.07) is 7.83. The fourth-order valence-electron chi connectivity index (χ4n) is 2.45. The van der Waals surface area contributed by atoms with Gasteiger partial charge in [0.15, 0.2) is 10.6 Å². The van der Waals surface area contributed by atoms with Crippen LogP contribution in [0.15, 0.2) is 30.5 Å². The van der Waals surface area contributed by atoms with E-state index in [1.54, 1.807) is 11.8 Å². The van der Waals surface area contributed by atoms with E-state index in [1.807, 2.05) is 49.0 Å². The van der Waals surface area contributed by atoms with Gasteiger partial charge in [-0.3, -0.25) is 9.78 Å². The predicted octanol–water partition coefficient (Wildman–Crippen LogP) is 3.04. The third kappa shape index (κ3) is 2.43. The van der Waals surface area contributed by atoms with Gasteiger partial charge in [-0.05, 0) is 31.3 Å². The number of H-pyrrole nitrogens is 1. The summed E-state index contributed by atoms with van der Waals surface area (Å²) in [5, 5.41) is 11.8. The van der Waals surface area contributed by atoms with E-state index in [1.165, 1.54) is 0 Å². The maximum absolute atomic E-state index is 5.30. The minimum atomic E-state index is 0.609. The molecule has 0 atom stereocenters. The van der Waals surface area contributed by atoms with Crippen LogP contribution in [-0.4, -0.2) is 31.7 Å². The largest absolute Gasteiger partial charge is 0.497 e. The van der Waals surface area contributed by atoms with E-state index in [0.717, 1.165) is 34.9 Å². The van der Waals surface area contributed by atoms with Crippen LogP contribution in [0, 0.1) is 4.77 Å². The maximum Gasteiger partial charge on any atom is 0.195 e. The van der Waals surface area contributed by atoms with Crippen LogP contribution in [0.3, 0.4) is 0 Å². The third-order valence-corrected chi connectivity index (χ3v) is 3.80. The van der Waals surface area contributed by atoms with Gasteiger partial charge in [0.2, 0.25) is 0 Å². The van der Waals surface area contributed by atoms with Gasteiger partial charge in [0, 0.05) is 25.4 Å². The minimum Gasteiger partial charge on any atom is -0.497 e. The average molecular weight is 315 g/mol. The number of hydrogen-bond acceptors (Lipinski definition) is 4. The van der Waals surface area contributed by atoms with E-state index in [9.17, 15) is 0 Å². The summed E-state index contributed by atoms with van der Waals surface area (Å²) in [6.07, 6.45) is 1.95. The molecular formula is C15H17N5OS. The SMILES string of the molecule is CCn1c(-c2cn(C)nc2-c2cccc(OC)c2)n[nH]c1=S. The number of aryl methyl sites for hydroxylation is 1. The van der Waals surface area contributed by atoms with Crippen molar-refractivity contribution in [2.24, 2.45) is 7.05 Å². The molecule has 0 saturated carbocycles. The number of nitrogens with one attached hydrogen (secondary N) is 1. The Morgan fingerprint density at radius 1 is 1.36 bits per heavy atom. The van der Waals surface area contributed by atoms with Crippen LogP contribution in [0.5, 0.6) is 5.75 Å². The quantitative estimate of drug-likeness (QED) is 0.752. The van der Waals surface area contributed by atoms with E-state index in [2.05, 4.69) is 15.3 Å². The van der Waals surface area contributed by atoms with Crippen molar-refractivity contribution in [1.29, 1.82) is 0 Å². The lowest BCUT2D eigenvalue weighted by atomic mass is 10.1. The summed E-state index contributed by atoms with van der Waals surface area (Å²) in [4.78, 5) is 0. The van der Waals surface area contributed by atoms with Crippen LogP contribution in [0.1, 0.15) is 6.92 Å². The predicted molar refractivity (Wildman–Crippen MR) is 87.3 cm³/mol. The second-order valence-electron chi connectivity index (χ2n) is 4.89. The molecule has 22 heavy (non-hydrogen) atoms. The second kappa shape index (κ2) is 5.76. The zero-order valence-corrected chi connectivity index (χ0v) is 13.5. The Morgan fingerprint density at radius 2 is 2.18 bits per heavy atom. The van der Waals surface area contributed by atoms with Crippen LogP contribution < -0.4 is 4.74 Å². The molecule has 2 aromatic heterocycles. The molecule has 0 fully saturated rings. The molecule has 0 aliphatic heterocycles. The number of methoxy groups -OCH3 is 1. The molecule has 1 aromatic carbocycles. The molecule has 3 rings (SSSR count). The molecule has 2 heterocycles. The van der Waals surface area contributed by atoms with Gasteiger partial charge < -0.3 is 9.30 Å². The van der Waals surface area contributed by atoms with Crippen molar-refractivity contribution in [2.45, 2.75) is 13.5 Å². The first-order chi connectivity index (χ1) is 10.6. The van der Waals surface area contributed by atoms with Gasteiger partial charge in [-0.15, -0.1) is 0 Å². The fourth-order valence-corrected chi connectivity index (χ4v) is 2.71. The number of benzene rings is 1. The van der Waals surface area contributed by atoms with Gasteiger partial charge in [-0.1, -0.05) is 12.1 Å². The van der Waals surface area contributed by atoms with Gasteiger partial charge >= 0.3 is 0 Å². The summed E-state index contributed by atoms with van der Waals surface area (Å²) in [5.74, 6) is 1.59. The summed E-state index contributed by atoms with van der Waals surface area (Å²) in [7, 11) is 3.55. The van der Waals surface area contributed by atoms with E-state index in [0.29, 0.717) is 4.77 Å². The van der Waals surface area contributed by atoms with Gasteiger partial charge in [0.05, 0.1) is 12.7 Å². The molecule has 114 valence electrons. The van der Waals surface area contributed by atoms with Crippen molar-refractivity contribution in [3.05, 3.63) is 35.2 Å². The summed E-state index contributed by atoms with van der Waals surface area (Å²) in [6.45, 7) is 2.79. The van der Waals surface area contributed by atoms with Crippen molar-refractivity contribution >= 4 is 12.2 Å². The third-order valence-electron chi connectivity index (χ3n) is 3.49. The van der Waals surface area contributed by atoms with E-state index in [-0.39, 0.29) is 0 Å². The Bertz CT molecular complexity index is 861. The molecule has 0 radical (unpaired) electrons. The lowest BCUT2D eigenvalue weighted by Crippen LogP contribution is -1.98. The molecule has 0 spiro atoms. The smallest absolute Gasteiger partial charge is 0.195 e. The number of hydrogen-bond donors (Lipinski definition) is 1. The van der Waals surface area contributed by atoms with Crippen molar-refractivity contribution in [1.82, 2.24) is 24.5 Å². The van der Waals surface area contributed by atoms with Crippen LogP contribution >= 0.6 is 12.2 Å². The number of aromatic amines is 1. The molecule has 7 heteroatoms. The molecule has 0 amide bonds. The lowest BCUT2D eigenvalue weighted by Gasteiger charge is -2.05. The van der Waals surface area contributed by atoms with E-state index >= 15 is 0 Å². The van der Waals surface area contributed by atoms with Crippen LogP contribution in [0.2, 0.25) is 0 Å².